The summed E-state index contributed by atoms with van der Waals surface area (Å²) >= 11 is 0. The van der Waals surface area contributed by atoms with Crippen LogP contribution in [0.1, 0.15) is 12.2 Å². The molecule has 0 spiro atoms. The molecule has 0 saturated heterocycles. The van der Waals surface area contributed by atoms with Gasteiger partial charge in [0.1, 0.15) is 17.3 Å². The van der Waals surface area contributed by atoms with Crippen LogP contribution in [0.15, 0.2) is 18.2 Å². The maximum atomic E-state index is 5.82. The third-order valence-corrected chi connectivity index (χ3v) is 4.03. The van der Waals surface area contributed by atoms with Crippen molar-refractivity contribution in [2.45, 2.75) is 19.4 Å². The summed E-state index contributed by atoms with van der Waals surface area (Å²) in [6.07, 6.45) is 1.99. The summed E-state index contributed by atoms with van der Waals surface area (Å²) in [6.45, 7) is 1.54. The van der Waals surface area contributed by atoms with Gasteiger partial charge in [-0.15, -0.1) is 10.2 Å². The molecule has 1 unspecified atom stereocenters. The van der Waals surface area contributed by atoms with Gasteiger partial charge in [-0.3, -0.25) is 0 Å². The lowest BCUT2D eigenvalue weighted by Gasteiger charge is -2.23. The van der Waals surface area contributed by atoms with Gasteiger partial charge in [0.2, 0.25) is 0 Å². The number of hydrogen-bond acceptors (Lipinski definition) is 5. The number of ether oxygens (including phenoxy) is 2. The highest BCUT2D eigenvalue weighted by Gasteiger charge is 2.24. The Balaban J connectivity index is 2.07. The molecular formula is C15H20N4O2. The fourth-order valence-electron chi connectivity index (χ4n) is 2.78. The number of rotatable bonds is 4. The lowest BCUT2D eigenvalue weighted by molar-refractivity contribution is 0.374. The van der Waals surface area contributed by atoms with Crippen molar-refractivity contribution < 1.29 is 9.47 Å². The molecule has 112 valence electrons. The highest BCUT2D eigenvalue weighted by atomic mass is 16.5. The van der Waals surface area contributed by atoms with E-state index in [4.69, 9.17) is 15.2 Å². The maximum absolute atomic E-state index is 5.82. The molecule has 6 heteroatoms. The zero-order chi connectivity index (χ0) is 14.8. The van der Waals surface area contributed by atoms with Crippen LogP contribution in [0.5, 0.6) is 11.5 Å². The Hall–Kier alpha value is -2.08. The van der Waals surface area contributed by atoms with E-state index in [0.717, 1.165) is 48.1 Å². The topological polar surface area (TPSA) is 75.2 Å². The van der Waals surface area contributed by atoms with Gasteiger partial charge in [-0.05, 0) is 37.1 Å². The van der Waals surface area contributed by atoms with Gasteiger partial charge in [0.05, 0.1) is 19.8 Å². The summed E-state index contributed by atoms with van der Waals surface area (Å²) in [5.74, 6) is 3.84. The molecular weight excluding hydrogens is 268 g/mol. The highest BCUT2D eigenvalue weighted by molar-refractivity contribution is 5.66. The zero-order valence-electron chi connectivity index (χ0n) is 12.4. The largest absolute Gasteiger partial charge is 0.497 e. The van der Waals surface area contributed by atoms with Crippen molar-refractivity contribution in [1.29, 1.82) is 0 Å². The van der Waals surface area contributed by atoms with Gasteiger partial charge in [-0.1, -0.05) is 0 Å². The summed E-state index contributed by atoms with van der Waals surface area (Å²) in [5.41, 5.74) is 6.72. The van der Waals surface area contributed by atoms with E-state index in [1.54, 1.807) is 14.2 Å². The molecule has 0 bridgehead atoms. The molecule has 6 nitrogen and oxygen atoms in total. The molecule has 0 amide bonds. The summed E-state index contributed by atoms with van der Waals surface area (Å²) in [4.78, 5) is 0. The molecule has 2 heterocycles. The van der Waals surface area contributed by atoms with Gasteiger partial charge in [0, 0.05) is 13.0 Å². The summed E-state index contributed by atoms with van der Waals surface area (Å²) in [5, 5.41) is 8.67. The first-order valence-corrected chi connectivity index (χ1v) is 7.11. The average molecular weight is 288 g/mol. The van der Waals surface area contributed by atoms with Crippen molar-refractivity contribution in [2.75, 3.05) is 20.8 Å². The van der Waals surface area contributed by atoms with Crippen molar-refractivity contribution in [3.05, 3.63) is 24.0 Å². The van der Waals surface area contributed by atoms with Crippen molar-refractivity contribution in [3.63, 3.8) is 0 Å². The van der Waals surface area contributed by atoms with Crippen LogP contribution < -0.4 is 15.2 Å². The Bertz CT molecular complexity index is 639. The van der Waals surface area contributed by atoms with Crippen LogP contribution in [0.4, 0.5) is 0 Å². The minimum absolute atomic E-state index is 0.476. The Kier molecular flexibility index (Phi) is 3.79. The Morgan fingerprint density at radius 3 is 2.86 bits per heavy atom. The monoisotopic (exact) mass is 288 g/mol. The summed E-state index contributed by atoms with van der Waals surface area (Å²) in [6, 6.07) is 5.69. The minimum atomic E-state index is 0.476. The first-order valence-electron chi connectivity index (χ1n) is 7.11. The lowest BCUT2D eigenvalue weighted by Crippen LogP contribution is -2.26. The van der Waals surface area contributed by atoms with Gasteiger partial charge >= 0.3 is 0 Å². The molecule has 1 aliphatic rings. The van der Waals surface area contributed by atoms with E-state index in [9.17, 15) is 0 Å². The van der Waals surface area contributed by atoms with Gasteiger partial charge in [-0.2, -0.15) is 0 Å². The number of aryl methyl sites for hydroxylation is 1. The van der Waals surface area contributed by atoms with Crippen LogP contribution in [0, 0.1) is 5.92 Å². The molecule has 0 fully saturated rings. The second-order valence-corrected chi connectivity index (χ2v) is 5.26. The molecule has 1 aromatic heterocycles. The predicted octanol–water partition coefficient (Wildman–Crippen LogP) is 1.48. The SMILES string of the molecule is COc1ccc(OC)c(-c2nnc3n2CC(CN)CC3)c1. The third-order valence-electron chi connectivity index (χ3n) is 4.03. The average Bonchev–Trinajstić information content (AvgIpc) is 2.96. The molecule has 3 rings (SSSR count). The molecule has 0 aliphatic carbocycles. The van der Waals surface area contributed by atoms with E-state index in [1.165, 1.54) is 0 Å². The van der Waals surface area contributed by atoms with Gasteiger partial charge in [0.25, 0.3) is 0 Å². The predicted molar refractivity (Wildman–Crippen MR) is 79.4 cm³/mol. The Morgan fingerprint density at radius 1 is 1.29 bits per heavy atom. The van der Waals surface area contributed by atoms with Gasteiger partial charge in [0.15, 0.2) is 5.82 Å². The second kappa shape index (κ2) is 5.73. The number of nitrogens with two attached hydrogens (primary N) is 1. The smallest absolute Gasteiger partial charge is 0.167 e. The van der Waals surface area contributed by atoms with Crippen molar-refractivity contribution >= 4 is 0 Å². The first kappa shape index (κ1) is 13.9. The van der Waals surface area contributed by atoms with Crippen LogP contribution in [0.2, 0.25) is 0 Å². The van der Waals surface area contributed by atoms with E-state index in [-0.39, 0.29) is 0 Å². The first-order chi connectivity index (χ1) is 10.3. The van der Waals surface area contributed by atoms with Crippen molar-refractivity contribution in [2.24, 2.45) is 11.7 Å². The molecule has 0 radical (unpaired) electrons. The number of methoxy groups -OCH3 is 2. The quantitative estimate of drug-likeness (QED) is 0.922. The molecule has 1 aliphatic heterocycles. The van der Waals surface area contributed by atoms with E-state index < -0.39 is 0 Å². The lowest BCUT2D eigenvalue weighted by atomic mass is 9.99. The number of benzene rings is 1. The normalized spacial score (nSPS) is 17.4. The van der Waals surface area contributed by atoms with Crippen LogP contribution in [-0.2, 0) is 13.0 Å². The number of hydrogen-bond donors (Lipinski definition) is 1. The fourth-order valence-corrected chi connectivity index (χ4v) is 2.78. The van der Waals surface area contributed by atoms with Crippen LogP contribution in [0.25, 0.3) is 11.4 Å². The zero-order valence-corrected chi connectivity index (χ0v) is 12.4. The third kappa shape index (κ3) is 2.47. The fraction of sp³-hybridized carbons (Fsp3) is 0.467. The number of fused-ring (bicyclic) bond motifs is 1. The highest BCUT2D eigenvalue weighted by Crippen LogP contribution is 2.34. The second-order valence-electron chi connectivity index (χ2n) is 5.26. The Labute approximate surface area is 123 Å². The number of aromatic nitrogens is 3. The van der Waals surface area contributed by atoms with E-state index in [1.807, 2.05) is 18.2 Å². The molecule has 2 aromatic rings. The van der Waals surface area contributed by atoms with Gasteiger partial charge < -0.3 is 19.8 Å². The van der Waals surface area contributed by atoms with E-state index in [0.29, 0.717) is 12.5 Å². The summed E-state index contributed by atoms with van der Waals surface area (Å²) < 4.78 is 12.9. The molecule has 1 atom stereocenters. The van der Waals surface area contributed by atoms with Crippen molar-refractivity contribution in [1.82, 2.24) is 14.8 Å². The molecule has 21 heavy (non-hydrogen) atoms. The molecule has 1 aromatic carbocycles. The summed E-state index contributed by atoms with van der Waals surface area (Å²) in [7, 11) is 3.30. The standard InChI is InChI=1S/C15H20N4O2/c1-20-11-4-5-13(21-2)12(7-11)15-18-17-14-6-3-10(8-16)9-19(14)15/h4-5,7,10H,3,6,8-9,16H2,1-2H3. The van der Waals surface area contributed by atoms with E-state index >= 15 is 0 Å². The van der Waals surface area contributed by atoms with Gasteiger partial charge in [-0.25, -0.2) is 0 Å². The minimum Gasteiger partial charge on any atom is -0.497 e. The van der Waals surface area contributed by atoms with Crippen LogP contribution in [0.3, 0.4) is 0 Å². The van der Waals surface area contributed by atoms with Crippen LogP contribution in [-0.4, -0.2) is 35.5 Å². The maximum Gasteiger partial charge on any atom is 0.167 e. The number of nitrogens with zero attached hydrogens (tertiary/aromatic N) is 3. The van der Waals surface area contributed by atoms with E-state index in [2.05, 4.69) is 14.8 Å². The van der Waals surface area contributed by atoms with Crippen molar-refractivity contribution in [3.8, 4) is 22.9 Å². The van der Waals surface area contributed by atoms with Crippen LogP contribution >= 0.6 is 0 Å². The molecule has 2 N–H and O–H groups in total. The Morgan fingerprint density at radius 2 is 2.14 bits per heavy atom. The molecule has 0 saturated carbocycles.